The summed E-state index contributed by atoms with van der Waals surface area (Å²) in [7, 11) is 4.21. The molecule has 0 aliphatic carbocycles. The molecule has 4 rings (SSSR count). The van der Waals surface area contributed by atoms with Gasteiger partial charge in [0.15, 0.2) is 5.69 Å². The van der Waals surface area contributed by atoms with Crippen molar-refractivity contribution < 1.29 is 20.1 Å². The van der Waals surface area contributed by atoms with Crippen molar-refractivity contribution in [3.05, 3.63) is 53.2 Å². The van der Waals surface area contributed by atoms with E-state index >= 15 is 0 Å². The van der Waals surface area contributed by atoms with Gasteiger partial charge in [-0.25, -0.2) is 9.48 Å². The van der Waals surface area contributed by atoms with Crippen molar-refractivity contribution in [2.75, 3.05) is 27.2 Å². The molecular formula is C25H31N5O4. The molecule has 0 amide bonds. The highest BCUT2D eigenvalue weighted by Gasteiger charge is 2.26. The lowest BCUT2D eigenvalue weighted by atomic mass is 10.0. The summed E-state index contributed by atoms with van der Waals surface area (Å²) in [5.41, 5.74) is 2.68. The molecule has 1 fully saturated rings. The van der Waals surface area contributed by atoms with Gasteiger partial charge in [-0.2, -0.15) is 0 Å². The number of carbonyl (C=O) groups is 1. The fraction of sp³-hybridized carbons (Fsp3) is 0.400. The normalized spacial score (nSPS) is 16.6. The maximum Gasteiger partial charge on any atom is 0.358 e. The molecule has 1 saturated heterocycles. The van der Waals surface area contributed by atoms with E-state index in [9.17, 15) is 20.1 Å². The molecule has 34 heavy (non-hydrogen) atoms. The lowest BCUT2D eigenvalue weighted by Crippen LogP contribution is -2.31. The van der Waals surface area contributed by atoms with E-state index in [1.54, 1.807) is 6.07 Å². The van der Waals surface area contributed by atoms with Gasteiger partial charge in [-0.1, -0.05) is 43.3 Å². The van der Waals surface area contributed by atoms with Gasteiger partial charge in [0.05, 0.1) is 0 Å². The second-order valence-corrected chi connectivity index (χ2v) is 9.40. The van der Waals surface area contributed by atoms with Crippen LogP contribution in [0.3, 0.4) is 0 Å². The smallest absolute Gasteiger partial charge is 0.358 e. The Bertz CT molecular complexity index is 1190. The number of hydrogen-bond donors (Lipinski definition) is 3. The van der Waals surface area contributed by atoms with Gasteiger partial charge in [0.1, 0.15) is 22.9 Å². The van der Waals surface area contributed by atoms with Gasteiger partial charge >= 0.3 is 5.97 Å². The van der Waals surface area contributed by atoms with Crippen LogP contribution in [0, 0.1) is 0 Å². The van der Waals surface area contributed by atoms with E-state index in [-0.39, 0.29) is 34.5 Å². The van der Waals surface area contributed by atoms with Gasteiger partial charge < -0.3 is 20.2 Å². The van der Waals surface area contributed by atoms with E-state index in [1.807, 2.05) is 38.1 Å². The van der Waals surface area contributed by atoms with Crippen LogP contribution >= 0.6 is 0 Å². The Labute approximate surface area is 198 Å². The van der Waals surface area contributed by atoms with Crippen molar-refractivity contribution in [1.82, 2.24) is 24.8 Å². The molecule has 1 unspecified atom stereocenters. The highest BCUT2D eigenvalue weighted by molar-refractivity contribution is 5.93. The highest BCUT2D eigenvalue weighted by atomic mass is 16.4. The third-order valence-electron chi connectivity index (χ3n) is 6.46. The summed E-state index contributed by atoms with van der Waals surface area (Å²) >= 11 is 0. The van der Waals surface area contributed by atoms with Crippen molar-refractivity contribution in [2.24, 2.45) is 0 Å². The van der Waals surface area contributed by atoms with Crippen LogP contribution in [0.25, 0.3) is 16.9 Å². The first kappa shape index (κ1) is 23.7. The Morgan fingerprint density at radius 3 is 2.44 bits per heavy atom. The summed E-state index contributed by atoms with van der Waals surface area (Å²) in [5, 5.41) is 38.4. The number of likely N-dealkylation sites (N-methyl/N-ethyl adjacent to an activating group) is 1. The second-order valence-electron chi connectivity index (χ2n) is 9.40. The van der Waals surface area contributed by atoms with Crippen LogP contribution in [-0.2, 0) is 6.54 Å². The van der Waals surface area contributed by atoms with Gasteiger partial charge in [-0.15, -0.1) is 5.10 Å². The Kier molecular flexibility index (Phi) is 6.58. The lowest BCUT2D eigenvalue weighted by molar-refractivity contribution is 0.0691. The van der Waals surface area contributed by atoms with E-state index in [1.165, 1.54) is 10.7 Å². The minimum absolute atomic E-state index is 0.0118. The van der Waals surface area contributed by atoms with Crippen molar-refractivity contribution in [3.8, 4) is 28.4 Å². The number of aromatic hydroxyl groups is 2. The van der Waals surface area contributed by atoms with E-state index < -0.39 is 5.97 Å². The summed E-state index contributed by atoms with van der Waals surface area (Å²) in [6.45, 7) is 6.72. The molecule has 2 heterocycles. The molecule has 0 bridgehead atoms. The average molecular weight is 466 g/mol. The number of benzene rings is 2. The van der Waals surface area contributed by atoms with Crippen LogP contribution in [0.4, 0.5) is 0 Å². The number of hydrogen-bond acceptors (Lipinski definition) is 7. The Morgan fingerprint density at radius 1 is 1.15 bits per heavy atom. The van der Waals surface area contributed by atoms with Crippen molar-refractivity contribution in [2.45, 2.75) is 38.8 Å². The number of aromatic carboxylic acids is 1. The molecule has 1 atom stereocenters. The first-order valence-electron chi connectivity index (χ1n) is 11.4. The zero-order valence-electron chi connectivity index (χ0n) is 19.9. The Balaban J connectivity index is 1.68. The van der Waals surface area contributed by atoms with Crippen LogP contribution in [0.2, 0.25) is 0 Å². The van der Waals surface area contributed by atoms with Crippen LogP contribution in [0.1, 0.15) is 47.8 Å². The molecule has 0 spiro atoms. The lowest BCUT2D eigenvalue weighted by Gasteiger charge is -2.20. The first-order chi connectivity index (χ1) is 16.2. The van der Waals surface area contributed by atoms with Crippen LogP contribution in [-0.4, -0.2) is 79.3 Å². The number of carboxylic acid groups (broad SMARTS) is 1. The summed E-state index contributed by atoms with van der Waals surface area (Å²) in [5.74, 6) is -1.47. The fourth-order valence-electron chi connectivity index (χ4n) is 4.47. The molecular weight excluding hydrogens is 434 g/mol. The topological polar surface area (TPSA) is 115 Å². The summed E-state index contributed by atoms with van der Waals surface area (Å²) < 4.78 is 1.32. The van der Waals surface area contributed by atoms with Crippen LogP contribution in [0.15, 0.2) is 36.4 Å². The molecule has 2 aromatic carbocycles. The minimum atomic E-state index is -1.21. The highest BCUT2D eigenvalue weighted by Crippen LogP contribution is 2.36. The fourth-order valence-corrected chi connectivity index (χ4v) is 4.47. The molecule has 3 N–H and O–H groups in total. The summed E-state index contributed by atoms with van der Waals surface area (Å²) in [6, 6.07) is 11.1. The predicted molar refractivity (Wildman–Crippen MR) is 129 cm³/mol. The molecule has 0 radical (unpaired) electrons. The first-order valence-corrected chi connectivity index (χ1v) is 11.4. The molecule has 1 aliphatic heterocycles. The van der Waals surface area contributed by atoms with Crippen molar-refractivity contribution in [1.29, 1.82) is 0 Å². The summed E-state index contributed by atoms with van der Waals surface area (Å²) in [6.07, 6.45) is 1.15. The largest absolute Gasteiger partial charge is 0.508 e. The monoisotopic (exact) mass is 465 g/mol. The third kappa shape index (κ3) is 4.62. The number of aromatic nitrogens is 3. The number of likely N-dealkylation sites (tertiary alicyclic amines) is 1. The maximum absolute atomic E-state index is 11.9. The molecule has 0 saturated carbocycles. The SMILES string of the molecule is CC(C)c1cc(-n2nnc(C(=O)O)c2-c2ccc(CN3CCC(N(C)C)C3)cc2)c(O)cc1O. The van der Waals surface area contributed by atoms with Crippen LogP contribution in [0.5, 0.6) is 11.5 Å². The predicted octanol–water partition coefficient (Wildman–Crippen LogP) is 3.30. The molecule has 1 aromatic heterocycles. The molecule has 180 valence electrons. The number of phenolic OH excluding ortho intramolecular Hbond substituents is 2. The van der Waals surface area contributed by atoms with Crippen molar-refractivity contribution in [3.63, 3.8) is 0 Å². The van der Waals surface area contributed by atoms with E-state index in [4.69, 9.17) is 0 Å². The number of carboxylic acids is 1. The standard InChI is InChI=1S/C25H31N5O4/c1-15(2)19-11-20(22(32)12-21(19)31)30-24(23(25(33)34)26-27-30)17-7-5-16(6-8-17)13-29-10-9-18(14-29)28(3)4/h5-8,11-12,15,18,31-32H,9-10,13-14H2,1-4H3,(H,33,34). The Morgan fingerprint density at radius 2 is 1.85 bits per heavy atom. The molecule has 9 nitrogen and oxygen atoms in total. The summed E-state index contributed by atoms with van der Waals surface area (Å²) in [4.78, 5) is 16.6. The second kappa shape index (κ2) is 9.44. The maximum atomic E-state index is 11.9. The molecule has 1 aliphatic rings. The van der Waals surface area contributed by atoms with Gasteiger partial charge in [-0.3, -0.25) is 4.90 Å². The number of phenols is 2. The third-order valence-corrected chi connectivity index (χ3v) is 6.46. The zero-order chi connectivity index (χ0) is 24.6. The number of nitrogens with zero attached hydrogens (tertiary/aromatic N) is 5. The quantitative estimate of drug-likeness (QED) is 0.487. The van der Waals surface area contributed by atoms with Gasteiger partial charge in [0.25, 0.3) is 0 Å². The van der Waals surface area contributed by atoms with E-state index in [2.05, 4.69) is 34.2 Å². The molecule has 9 heteroatoms. The van der Waals surface area contributed by atoms with Crippen molar-refractivity contribution >= 4 is 5.97 Å². The van der Waals surface area contributed by atoms with Crippen LogP contribution < -0.4 is 0 Å². The zero-order valence-corrected chi connectivity index (χ0v) is 19.9. The minimum Gasteiger partial charge on any atom is -0.508 e. The average Bonchev–Trinajstić information content (AvgIpc) is 3.42. The van der Waals surface area contributed by atoms with Gasteiger partial charge in [-0.05, 0) is 43.6 Å². The Hall–Kier alpha value is -3.43. The van der Waals surface area contributed by atoms with E-state index in [0.717, 1.165) is 31.6 Å². The number of rotatable bonds is 7. The van der Waals surface area contributed by atoms with E-state index in [0.29, 0.717) is 17.2 Å². The molecule has 3 aromatic rings. The van der Waals surface area contributed by atoms with Gasteiger partial charge in [0.2, 0.25) is 0 Å². The van der Waals surface area contributed by atoms with Gasteiger partial charge in [0, 0.05) is 37.3 Å².